The Balaban J connectivity index is 1.74. The predicted molar refractivity (Wildman–Crippen MR) is 111 cm³/mol. The van der Waals surface area contributed by atoms with Gasteiger partial charge in [0.1, 0.15) is 5.75 Å². The van der Waals surface area contributed by atoms with Gasteiger partial charge < -0.3 is 9.84 Å². The quantitative estimate of drug-likeness (QED) is 0.669. The van der Waals surface area contributed by atoms with Crippen LogP contribution in [-0.2, 0) is 6.42 Å². The van der Waals surface area contributed by atoms with Crippen LogP contribution in [0.25, 0.3) is 4.96 Å². The minimum Gasteiger partial charge on any atom is -0.494 e. The SMILES string of the molecule is CCOc1ccc([C@@H](c2sc3nc(CC)nn3c2O)N2CCC(C)CC2)cc1. The fourth-order valence-electron chi connectivity index (χ4n) is 3.85. The maximum absolute atomic E-state index is 11.0. The molecule has 4 rings (SSSR count). The molecule has 7 heteroatoms. The highest BCUT2D eigenvalue weighted by atomic mass is 32.1. The van der Waals surface area contributed by atoms with Gasteiger partial charge >= 0.3 is 0 Å². The number of thiazole rings is 1. The smallest absolute Gasteiger partial charge is 0.230 e. The molecular weight excluding hydrogens is 372 g/mol. The normalized spacial score (nSPS) is 17.2. The van der Waals surface area contributed by atoms with Crippen LogP contribution in [0.5, 0.6) is 11.6 Å². The van der Waals surface area contributed by atoms with Crippen LogP contribution in [0, 0.1) is 5.92 Å². The van der Waals surface area contributed by atoms with E-state index in [0.29, 0.717) is 6.61 Å². The van der Waals surface area contributed by atoms with E-state index < -0.39 is 0 Å². The summed E-state index contributed by atoms with van der Waals surface area (Å²) in [6.07, 6.45) is 3.11. The molecular formula is C21H28N4O2S. The topological polar surface area (TPSA) is 62.9 Å². The highest BCUT2D eigenvalue weighted by molar-refractivity contribution is 7.17. The van der Waals surface area contributed by atoms with Crippen LogP contribution in [0.15, 0.2) is 24.3 Å². The minimum absolute atomic E-state index is 0.00162. The number of likely N-dealkylation sites (tertiary alicyclic amines) is 1. The van der Waals surface area contributed by atoms with Gasteiger partial charge in [0.15, 0.2) is 5.82 Å². The summed E-state index contributed by atoms with van der Waals surface area (Å²) in [5, 5.41) is 15.4. The molecule has 0 saturated carbocycles. The number of rotatable bonds is 6. The highest BCUT2D eigenvalue weighted by Gasteiger charge is 2.31. The molecule has 150 valence electrons. The van der Waals surface area contributed by atoms with Crippen molar-refractivity contribution in [2.75, 3.05) is 19.7 Å². The zero-order valence-corrected chi connectivity index (χ0v) is 17.6. The Labute approximate surface area is 169 Å². The molecule has 3 aromatic rings. The number of aryl methyl sites for hydroxylation is 1. The number of benzene rings is 1. The highest BCUT2D eigenvalue weighted by Crippen LogP contribution is 2.41. The third kappa shape index (κ3) is 3.61. The number of nitrogens with zero attached hydrogens (tertiary/aromatic N) is 4. The summed E-state index contributed by atoms with van der Waals surface area (Å²) in [6.45, 7) is 9.02. The summed E-state index contributed by atoms with van der Waals surface area (Å²) in [5.41, 5.74) is 1.16. The molecule has 1 aromatic carbocycles. The molecule has 0 aliphatic carbocycles. The summed E-state index contributed by atoms with van der Waals surface area (Å²) < 4.78 is 7.20. The number of piperidine rings is 1. The van der Waals surface area contributed by atoms with E-state index >= 15 is 0 Å². The first kappa shape index (κ1) is 19.2. The molecule has 0 amide bonds. The number of fused-ring (bicyclic) bond motifs is 1. The monoisotopic (exact) mass is 400 g/mol. The van der Waals surface area contributed by atoms with Crippen LogP contribution in [0.1, 0.15) is 55.9 Å². The van der Waals surface area contributed by atoms with Crippen LogP contribution < -0.4 is 4.74 Å². The van der Waals surface area contributed by atoms with Gasteiger partial charge in [-0.25, -0.2) is 4.98 Å². The lowest BCUT2D eigenvalue weighted by Gasteiger charge is -2.36. The summed E-state index contributed by atoms with van der Waals surface area (Å²) in [4.78, 5) is 8.70. The number of ether oxygens (including phenoxy) is 1. The van der Waals surface area contributed by atoms with E-state index in [-0.39, 0.29) is 11.9 Å². The van der Waals surface area contributed by atoms with E-state index in [0.717, 1.165) is 52.4 Å². The summed E-state index contributed by atoms with van der Waals surface area (Å²) >= 11 is 1.54. The van der Waals surface area contributed by atoms with E-state index in [4.69, 9.17) is 4.74 Å². The molecule has 0 bridgehead atoms. The Hall–Kier alpha value is -2.12. The maximum atomic E-state index is 11.0. The summed E-state index contributed by atoms with van der Waals surface area (Å²) in [7, 11) is 0. The number of hydrogen-bond donors (Lipinski definition) is 1. The van der Waals surface area contributed by atoms with Gasteiger partial charge in [-0.2, -0.15) is 4.52 Å². The van der Waals surface area contributed by atoms with Crippen molar-refractivity contribution in [3.05, 3.63) is 40.5 Å². The molecule has 0 unspecified atom stereocenters. The maximum Gasteiger partial charge on any atom is 0.230 e. The Morgan fingerprint density at radius 3 is 2.54 bits per heavy atom. The molecule has 1 aliphatic heterocycles. The van der Waals surface area contributed by atoms with Crippen molar-refractivity contribution in [3.8, 4) is 11.6 Å². The first-order valence-corrected chi connectivity index (χ1v) is 11.0. The van der Waals surface area contributed by atoms with Crippen molar-refractivity contribution < 1.29 is 9.84 Å². The standard InChI is InChI=1S/C21H28N4O2S/c1-4-17-22-21-25(23-17)20(26)19(28-21)18(24-12-10-14(3)11-13-24)15-6-8-16(9-7-15)27-5-2/h6-9,14,18,26H,4-5,10-13H2,1-3H3/t18-/m0/s1. The molecule has 1 fully saturated rings. The van der Waals surface area contributed by atoms with Crippen molar-refractivity contribution >= 4 is 16.3 Å². The van der Waals surface area contributed by atoms with Gasteiger partial charge in [0.25, 0.3) is 0 Å². The third-order valence-corrected chi connectivity index (χ3v) is 6.57. The molecule has 1 N–H and O–H groups in total. The van der Waals surface area contributed by atoms with Gasteiger partial charge in [-0.05, 0) is 56.5 Å². The fraction of sp³-hybridized carbons (Fsp3) is 0.524. The van der Waals surface area contributed by atoms with E-state index in [1.54, 1.807) is 4.52 Å². The van der Waals surface area contributed by atoms with Crippen LogP contribution in [0.2, 0.25) is 0 Å². The van der Waals surface area contributed by atoms with E-state index in [2.05, 4.69) is 34.0 Å². The molecule has 1 saturated heterocycles. The second kappa shape index (κ2) is 8.09. The lowest BCUT2D eigenvalue weighted by molar-refractivity contribution is 0.157. The lowest BCUT2D eigenvalue weighted by atomic mass is 9.95. The minimum atomic E-state index is 0.00162. The number of aromatic hydroxyl groups is 1. The van der Waals surface area contributed by atoms with Crippen LogP contribution in [0.3, 0.4) is 0 Å². The van der Waals surface area contributed by atoms with Crippen LogP contribution in [0.4, 0.5) is 0 Å². The van der Waals surface area contributed by atoms with Gasteiger partial charge in [-0.1, -0.05) is 37.3 Å². The first-order chi connectivity index (χ1) is 13.6. The predicted octanol–water partition coefficient (Wildman–Crippen LogP) is 4.28. The number of hydrogen-bond acceptors (Lipinski definition) is 6. The summed E-state index contributed by atoms with van der Waals surface area (Å²) in [5.74, 6) is 2.60. The van der Waals surface area contributed by atoms with Gasteiger partial charge in [0.05, 0.1) is 17.5 Å². The molecule has 3 heterocycles. The Morgan fingerprint density at radius 2 is 1.93 bits per heavy atom. The average molecular weight is 401 g/mol. The van der Waals surface area contributed by atoms with E-state index in [9.17, 15) is 5.11 Å². The van der Waals surface area contributed by atoms with Crippen molar-refractivity contribution in [2.24, 2.45) is 5.92 Å². The lowest BCUT2D eigenvalue weighted by Crippen LogP contribution is -2.36. The molecule has 2 aromatic heterocycles. The fourth-order valence-corrected chi connectivity index (χ4v) is 4.98. The Bertz CT molecular complexity index is 926. The molecule has 1 atom stereocenters. The van der Waals surface area contributed by atoms with Crippen LogP contribution in [-0.4, -0.2) is 44.3 Å². The molecule has 0 spiro atoms. The van der Waals surface area contributed by atoms with Gasteiger partial charge in [0, 0.05) is 6.42 Å². The Morgan fingerprint density at radius 1 is 1.21 bits per heavy atom. The van der Waals surface area contributed by atoms with Crippen molar-refractivity contribution in [1.29, 1.82) is 0 Å². The second-order valence-corrected chi connectivity index (χ2v) is 8.50. The second-order valence-electron chi connectivity index (χ2n) is 7.49. The zero-order valence-electron chi connectivity index (χ0n) is 16.8. The van der Waals surface area contributed by atoms with Crippen molar-refractivity contribution in [3.63, 3.8) is 0 Å². The largest absolute Gasteiger partial charge is 0.494 e. The van der Waals surface area contributed by atoms with Gasteiger partial charge in [0.2, 0.25) is 10.8 Å². The van der Waals surface area contributed by atoms with Gasteiger partial charge in [-0.3, -0.25) is 4.90 Å². The van der Waals surface area contributed by atoms with E-state index in [1.807, 2.05) is 26.0 Å². The number of aromatic nitrogens is 3. The zero-order chi connectivity index (χ0) is 19.7. The van der Waals surface area contributed by atoms with Crippen molar-refractivity contribution in [2.45, 2.75) is 46.1 Å². The summed E-state index contributed by atoms with van der Waals surface area (Å²) in [6, 6.07) is 8.26. The Kier molecular flexibility index (Phi) is 5.55. The first-order valence-electron chi connectivity index (χ1n) is 10.1. The van der Waals surface area contributed by atoms with Gasteiger partial charge in [-0.15, -0.1) is 5.10 Å². The van der Waals surface area contributed by atoms with Crippen molar-refractivity contribution in [1.82, 2.24) is 19.5 Å². The molecule has 6 nitrogen and oxygen atoms in total. The molecule has 0 radical (unpaired) electrons. The average Bonchev–Trinajstić information content (AvgIpc) is 3.24. The van der Waals surface area contributed by atoms with Crippen LogP contribution >= 0.6 is 11.3 Å². The molecule has 28 heavy (non-hydrogen) atoms. The third-order valence-electron chi connectivity index (χ3n) is 5.50. The molecule has 1 aliphatic rings. The van der Waals surface area contributed by atoms with E-state index in [1.165, 1.54) is 24.2 Å².